The molecule has 0 radical (unpaired) electrons. The highest BCUT2D eigenvalue weighted by molar-refractivity contribution is 6.28. The zero-order valence-corrected chi connectivity index (χ0v) is 12.1. The predicted octanol–water partition coefficient (Wildman–Crippen LogP) is 3.75. The summed E-state index contributed by atoms with van der Waals surface area (Å²) in [5.41, 5.74) is 2.68. The average molecular weight is 317 g/mol. The van der Waals surface area contributed by atoms with Gasteiger partial charge in [0.1, 0.15) is 5.52 Å². The Balaban J connectivity index is 2.02. The number of hydrogen-bond acceptors (Lipinski definition) is 4. The van der Waals surface area contributed by atoms with Crippen molar-refractivity contribution in [2.45, 2.75) is 38.8 Å². The van der Waals surface area contributed by atoms with Gasteiger partial charge < -0.3 is 0 Å². The molecule has 3 rings (SSSR count). The summed E-state index contributed by atoms with van der Waals surface area (Å²) in [6.07, 6.45) is -4.12. The first-order valence-electron chi connectivity index (χ1n) is 6.51. The van der Waals surface area contributed by atoms with E-state index in [0.29, 0.717) is 28.2 Å². The number of hydrogen-bond donors (Lipinski definition) is 0. The van der Waals surface area contributed by atoms with Crippen LogP contribution < -0.4 is 0 Å². The molecular weight excluding hydrogens is 305 g/mol. The van der Waals surface area contributed by atoms with Gasteiger partial charge in [-0.2, -0.15) is 18.2 Å². The third-order valence-corrected chi connectivity index (χ3v) is 4.10. The molecule has 0 bridgehead atoms. The summed E-state index contributed by atoms with van der Waals surface area (Å²) in [7, 11) is 0. The van der Waals surface area contributed by atoms with Crippen molar-refractivity contribution in [2.75, 3.05) is 0 Å². The maximum Gasteiger partial charge on any atom is 0.391 e. The summed E-state index contributed by atoms with van der Waals surface area (Å²) in [4.78, 5) is 16.8. The van der Waals surface area contributed by atoms with Crippen LogP contribution in [0.25, 0.3) is 11.2 Å². The molecule has 8 heteroatoms. The molecule has 1 aliphatic rings. The second-order valence-corrected chi connectivity index (χ2v) is 5.69. The smallest absolute Gasteiger partial charge is 0.246 e. The molecular formula is C13H12ClF3N4. The molecule has 0 spiro atoms. The highest BCUT2D eigenvalue weighted by Gasteiger charge is 2.49. The highest BCUT2D eigenvalue weighted by atomic mass is 35.5. The molecule has 21 heavy (non-hydrogen) atoms. The quantitative estimate of drug-likeness (QED) is 0.752. The SMILES string of the molecule is Cc1nc2nc(Cl)nc(C3CC(C(F)(F)F)C3)c2nc1C. The van der Waals surface area contributed by atoms with E-state index in [2.05, 4.69) is 19.9 Å². The molecule has 112 valence electrons. The van der Waals surface area contributed by atoms with Crippen LogP contribution in [0.1, 0.15) is 35.8 Å². The lowest BCUT2D eigenvalue weighted by molar-refractivity contribution is -0.197. The van der Waals surface area contributed by atoms with E-state index in [1.165, 1.54) is 0 Å². The van der Waals surface area contributed by atoms with Gasteiger partial charge in [0, 0.05) is 5.92 Å². The minimum atomic E-state index is -4.15. The molecule has 2 aromatic rings. The van der Waals surface area contributed by atoms with Crippen molar-refractivity contribution in [3.05, 3.63) is 22.4 Å². The van der Waals surface area contributed by atoms with E-state index in [1.54, 1.807) is 13.8 Å². The summed E-state index contributed by atoms with van der Waals surface area (Å²) in [5.74, 6) is -1.57. The van der Waals surface area contributed by atoms with Crippen molar-refractivity contribution >= 4 is 22.8 Å². The molecule has 0 aromatic carbocycles. The van der Waals surface area contributed by atoms with Crippen LogP contribution in [0, 0.1) is 19.8 Å². The third kappa shape index (κ3) is 2.54. The number of nitrogens with zero attached hydrogens (tertiary/aromatic N) is 4. The standard InChI is InChI=1S/C13H12ClF3N4/c1-5-6(2)19-11-10(18-5)9(20-12(14)21-11)7-3-8(4-7)13(15,16)17/h7-8H,3-4H2,1-2H3. The average Bonchev–Trinajstić information content (AvgIpc) is 2.27. The number of halogens is 4. The Labute approximate surface area is 123 Å². The van der Waals surface area contributed by atoms with Crippen LogP contribution in [0.4, 0.5) is 13.2 Å². The maximum absolute atomic E-state index is 12.6. The van der Waals surface area contributed by atoms with Crippen LogP contribution in [0.3, 0.4) is 0 Å². The van der Waals surface area contributed by atoms with Crippen molar-refractivity contribution < 1.29 is 13.2 Å². The summed E-state index contributed by atoms with van der Waals surface area (Å²) >= 11 is 5.86. The largest absolute Gasteiger partial charge is 0.391 e. The molecule has 2 heterocycles. The maximum atomic E-state index is 12.6. The monoisotopic (exact) mass is 316 g/mol. The van der Waals surface area contributed by atoms with Crippen LogP contribution in [0.5, 0.6) is 0 Å². The van der Waals surface area contributed by atoms with Crippen LogP contribution in [-0.4, -0.2) is 26.1 Å². The summed E-state index contributed by atoms with van der Waals surface area (Å²) in [5, 5.41) is -0.00879. The minimum absolute atomic E-state index is 0.00879. The van der Waals surface area contributed by atoms with Gasteiger partial charge in [-0.05, 0) is 38.3 Å². The lowest BCUT2D eigenvalue weighted by Gasteiger charge is -2.36. The van der Waals surface area contributed by atoms with Gasteiger partial charge in [0.2, 0.25) is 5.28 Å². The van der Waals surface area contributed by atoms with Gasteiger partial charge in [-0.25, -0.2) is 15.0 Å². The van der Waals surface area contributed by atoms with Gasteiger partial charge in [-0.15, -0.1) is 0 Å². The van der Waals surface area contributed by atoms with E-state index in [9.17, 15) is 13.2 Å². The molecule has 0 aliphatic heterocycles. The van der Waals surface area contributed by atoms with Gasteiger partial charge in [0.15, 0.2) is 5.65 Å². The second kappa shape index (κ2) is 4.76. The van der Waals surface area contributed by atoms with E-state index in [4.69, 9.17) is 11.6 Å². The first-order valence-corrected chi connectivity index (χ1v) is 6.88. The number of alkyl halides is 3. The van der Waals surface area contributed by atoms with E-state index in [0.717, 1.165) is 0 Å². The van der Waals surface area contributed by atoms with Crippen molar-refractivity contribution in [2.24, 2.45) is 5.92 Å². The van der Waals surface area contributed by atoms with E-state index >= 15 is 0 Å². The van der Waals surface area contributed by atoms with Crippen molar-refractivity contribution in [1.29, 1.82) is 0 Å². The van der Waals surface area contributed by atoms with Gasteiger partial charge in [0.05, 0.1) is 23.0 Å². The Kier molecular flexibility index (Phi) is 3.27. The Morgan fingerprint density at radius 2 is 1.62 bits per heavy atom. The number of aromatic nitrogens is 4. The van der Waals surface area contributed by atoms with Crippen molar-refractivity contribution in [3.8, 4) is 0 Å². The number of rotatable bonds is 1. The topological polar surface area (TPSA) is 51.6 Å². The van der Waals surface area contributed by atoms with Crippen molar-refractivity contribution in [1.82, 2.24) is 19.9 Å². The zero-order valence-electron chi connectivity index (χ0n) is 11.4. The Morgan fingerprint density at radius 3 is 2.24 bits per heavy atom. The fraction of sp³-hybridized carbons (Fsp3) is 0.538. The second-order valence-electron chi connectivity index (χ2n) is 5.35. The van der Waals surface area contributed by atoms with Crippen LogP contribution >= 0.6 is 11.6 Å². The first kappa shape index (κ1) is 14.4. The molecule has 1 aliphatic carbocycles. The lowest BCUT2D eigenvalue weighted by atomic mass is 9.72. The normalized spacial score (nSPS) is 22.4. The van der Waals surface area contributed by atoms with Crippen LogP contribution in [0.2, 0.25) is 5.28 Å². The molecule has 1 fully saturated rings. The fourth-order valence-electron chi connectivity index (χ4n) is 2.50. The number of aryl methyl sites for hydroxylation is 2. The summed E-state index contributed by atoms with van der Waals surface area (Å²) < 4.78 is 37.8. The Hall–Kier alpha value is -1.50. The van der Waals surface area contributed by atoms with E-state index < -0.39 is 12.1 Å². The molecule has 4 nitrogen and oxygen atoms in total. The molecule has 2 aromatic heterocycles. The van der Waals surface area contributed by atoms with Crippen molar-refractivity contribution in [3.63, 3.8) is 0 Å². The molecule has 0 N–H and O–H groups in total. The number of fused-ring (bicyclic) bond motifs is 1. The van der Waals surface area contributed by atoms with Gasteiger partial charge >= 0.3 is 6.18 Å². The third-order valence-electron chi connectivity index (χ3n) is 3.93. The summed E-state index contributed by atoms with van der Waals surface area (Å²) in [6.45, 7) is 3.58. The van der Waals surface area contributed by atoms with Gasteiger partial charge in [0.25, 0.3) is 0 Å². The Morgan fingerprint density at radius 1 is 1.00 bits per heavy atom. The van der Waals surface area contributed by atoms with Gasteiger partial charge in [-0.3, -0.25) is 0 Å². The minimum Gasteiger partial charge on any atom is -0.246 e. The Bertz CT molecular complexity index is 711. The van der Waals surface area contributed by atoms with Crippen LogP contribution in [-0.2, 0) is 0 Å². The zero-order chi connectivity index (χ0) is 15.4. The molecule has 0 unspecified atom stereocenters. The first-order chi connectivity index (χ1) is 9.75. The lowest BCUT2D eigenvalue weighted by Crippen LogP contribution is -2.35. The summed E-state index contributed by atoms with van der Waals surface area (Å²) in [6, 6.07) is 0. The molecule has 0 amide bonds. The van der Waals surface area contributed by atoms with E-state index in [1.807, 2.05) is 0 Å². The molecule has 0 saturated heterocycles. The molecule has 0 atom stereocenters. The predicted molar refractivity (Wildman–Crippen MR) is 71.1 cm³/mol. The van der Waals surface area contributed by atoms with Gasteiger partial charge in [-0.1, -0.05) is 0 Å². The fourth-order valence-corrected chi connectivity index (χ4v) is 2.67. The van der Waals surface area contributed by atoms with E-state index in [-0.39, 0.29) is 24.0 Å². The highest BCUT2D eigenvalue weighted by Crippen LogP contribution is 2.49. The molecule has 1 saturated carbocycles. The van der Waals surface area contributed by atoms with Crippen LogP contribution in [0.15, 0.2) is 0 Å².